The molecule has 1 aliphatic rings. The minimum Gasteiger partial charge on any atom is -0.492 e. The summed E-state index contributed by atoms with van der Waals surface area (Å²) in [5.74, 6) is 0.963. The van der Waals surface area contributed by atoms with E-state index in [4.69, 9.17) is 9.47 Å². The van der Waals surface area contributed by atoms with Crippen LogP contribution in [0.15, 0.2) is 79.1 Å². The summed E-state index contributed by atoms with van der Waals surface area (Å²) in [6.07, 6.45) is 0.705. The lowest BCUT2D eigenvalue weighted by atomic mass is 10.1. The number of pyridine rings is 1. The van der Waals surface area contributed by atoms with Crippen LogP contribution < -0.4 is 14.8 Å². The number of aliphatic hydroxyl groups is 1. The SMILES string of the molecule is O=C(Nc1cc(OCCN2CCCC2)cc(C(F)(F)F)c1)c1ccc2ccc(Oc3ccnc(-c4ncc(CO)[nH]4)c3)cc2c1. The number of ether oxygens (including phenoxy) is 2. The maximum absolute atomic E-state index is 13.7. The number of amides is 1. The fourth-order valence-corrected chi connectivity index (χ4v) is 5.16. The van der Waals surface area contributed by atoms with Crippen LogP contribution in [-0.2, 0) is 12.8 Å². The van der Waals surface area contributed by atoms with Crippen LogP contribution in [0.5, 0.6) is 17.2 Å². The Labute approximate surface area is 256 Å². The first-order valence-corrected chi connectivity index (χ1v) is 14.5. The first kappa shape index (κ1) is 30.1. The van der Waals surface area contributed by atoms with Gasteiger partial charge < -0.3 is 24.9 Å². The molecule has 0 saturated carbocycles. The molecule has 1 fully saturated rings. The molecule has 3 N–H and O–H groups in total. The van der Waals surface area contributed by atoms with E-state index in [0.717, 1.165) is 43.5 Å². The molecule has 9 nitrogen and oxygen atoms in total. The summed E-state index contributed by atoms with van der Waals surface area (Å²) in [7, 11) is 0. The first-order valence-electron chi connectivity index (χ1n) is 14.5. The number of rotatable bonds is 10. The Morgan fingerprint density at radius 2 is 1.73 bits per heavy atom. The molecule has 0 unspecified atom stereocenters. The van der Waals surface area contributed by atoms with Crippen molar-refractivity contribution in [3.05, 3.63) is 95.9 Å². The third-order valence-electron chi connectivity index (χ3n) is 7.45. The average Bonchev–Trinajstić information content (AvgIpc) is 3.73. The number of nitrogens with one attached hydrogen (secondary N) is 2. The molecule has 0 radical (unpaired) electrons. The first-order chi connectivity index (χ1) is 21.7. The van der Waals surface area contributed by atoms with Gasteiger partial charge in [0, 0.05) is 36.1 Å². The Kier molecular flexibility index (Phi) is 8.67. The minimum absolute atomic E-state index is 0.0145. The van der Waals surface area contributed by atoms with Gasteiger partial charge in [0.25, 0.3) is 5.91 Å². The van der Waals surface area contributed by atoms with Crippen LogP contribution in [0.3, 0.4) is 0 Å². The van der Waals surface area contributed by atoms with Gasteiger partial charge in [-0.25, -0.2) is 4.98 Å². The number of halogens is 3. The monoisotopic (exact) mass is 617 g/mol. The molecule has 1 aliphatic heterocycles. The Morgan fingerprint density at radius 1 is 0.933 bits per heavy atom. The second-order valence-corrected chi connectivity index (χ2v) is 10.7. The van der Waals surface area contributed by atoms with Crippen LogP contribution in [0.4, 0.5) is 18.9 Å². The van der Waals surface area contributed by atoms with Crippen LogP contribution in [0.25, 0.3) is 22.3 Å². The lowest BCUT2D eigenvalue weighted by Gasteiger charge is -2.17. The predicted molar refractivity (Wildman–Crippen MR) is 162 cm³/mol. The summed E-state index contributed by atoms with van der Waals surface area (Å²) < 4.78 is 52.7. The number of benzene rings is 3. The van der Waals surface area contributed by atoms with Crippen LogP contribution in [0.2, 0.25) is 0 Å². The summed E-state index contributed by atoms with van der Waals surface area (Å²) in [5, 5.41) is 13.4. The van der Waals surface area contributed by atoms with Crippen molar-refractivity contribution < 1.29 is 32.5 Å². The molecule has 2 aromatic heterocycles. The van der Waals surface area contributed by atoms with E-state index in [9.17, 15) is 23.1 Å². The Hall–Kier alpha value is -4.94. The number of aromatic amines is 1. The van der Waals surface area contributed by atoms with Gasteiger partial charge in [-0.3, -0.25) is 14.7 Å². The van der Waals surface area contributed by atoms with Gasteiger partial charge in [-0.1, -0.05) is 12.1 Å². The minimum atomic E-state index is -4.61. The van der Waals surface area contributed by atoms with E-state index in [2.05, 4.69) is 25.2 Å². The van der Waals surface area contributed by atoms with E-state index < -0.39 is 17.6 Å². The Bertz CT molecular complexity index is 1820. The molecule has 1 amide bonds. The normalized spacial score (nSPS) is 13.7. The van der Waals surface area contributed by atoms with E-state index in [1.165, 1.54) is 12.3 Å². The number of fused-ring (bicyclic) bond motifs is 1. The van der Waals surface area contributed by atoms with Crippen molar-refractivity contribution in [1.29, 1.82) is 0 Å². The highest BCUT2D eigenvalue weighted by Gasteiger charge is 2.32. The highest BCUT2D eigenvalue weighted by molar-refractivity contribution is 6.06. The number of alkyl halides is 3. The summed E-state index contributed by atoms with van der Waals surface area (Å²) in [6, 6.07) is 17.0. The third kappa shape index (κ3) is 7.41. The van der Waals surface area contributed by atoms with Crippen molar-refractivity contribution in [1.82, 2.24) is 19.9 Å². The van der Waals surface area contributed by atoms with Crippen LogP contribution in [0, 0.1) is 0 Å². The smallest absolute Gasteiger partial charge is 0.416 e. The molecule has 232 valence electrons. The molecule has 0 bridgehead atoms. The van der Waals surface area contributed by atoms with Gasteiger partial charge in [-0.05, 0) is 79.2 Å². The van der Waals surface area contributed by atoms with E-state index in [1.807, 2.05) is 6.07 Å². The van der Waals surface area contributed by atoms with Crippen molar-refractivity contribution in [3.63, 3.8) is 0 Å². The molecular weight excluding hydrogens is 587 g/mol. The molecule has 0 aliphatic carbocycles. The number of H-pyrrole nitrogens is 1. The second-order valence-electron chi connectivity index (χ2n) is 10.7. The zero-order valence-corrected chi connectivity index (χ0v) is 24.1. The number of nitrogens with zero attached hydrogens (tertiary/aromatic N) is 3. The maximum Gasteiger partial charge on any atom is 0.416 e. The summed E-state index contributed by atoms with van der Waals surface area (Å²) in [4.78, 5) is 26.9. The fraction of sp³-hybridized carbons (Fsp3) is 0.242. The largest absolute Gasteiger partial charge is 0.492 e. The van der Waals surface area contributed by atoms with Crippen molar-refractivity contribution in [2.45, 2.75) is 25.6 Å². The standard InChI is InChI=1S/C33H30F3N5O4/c34-33(35,36)24-15-25(17-29(16-24)44-12-11-41-9-1-2-10-41)40-32(43)22-4-3-21-5-6-27(14-23(21)13-22)45-28-7-8-37-30(18-28)31-38-19-26(20-42)39-31/h3-8,13-19,42H,1-2,9-12,20H2,(H,38,39)(H,40,43). The van der Waals surface area contributed by atoms with Crippen molar-refractivity contribution in [2.24, 2.45) is 0 Å². The van der Waals surface area contributed by atoms with Crippen molar-refractivity contribution in [2.75, 3.05) is 31.6 Å². The quantitative estimate of drug-likeness (QED) is 0.161. The number of likely N-dealkylation sites (tertiary alicyclic amines) is 1. The summed E-state index contributed by atoms with van der Waals surface area (Å²) in [6.45, 7) is 2.61. The number of anilines is 1. The number of carbonyl (C=O) groups excluding carboxylic acids is 1. The molecule has 45 heavy (non-hydrogen) atoms. The summed E-state index contributed by atoms with van der Waals surface area (Å²) >= 11 is 0. The lowest BCUT2D eigenvalue weighted by molar-refractivity contribution is -0.137. The second kappa shape index (κ2) is 13.0. The summed E-state index contributed by atoms with van der Waals surface area (Å²) in [5.41, 5.74) is 0.428. The topological polar surface area (TPSA) is 113 Å². The van der Waals surface area contributed by atoms with Gasteiger partial charge in [-0.2, -0.15) is 13.2 Å². The molecule has 0 atom stereocenters. The van der Waals surface area contributed by atoms with Gasteiger partial charge >= 0.3 is 6.18 Å². The van der Waals surface area contributed by atoms with Gasteiger partial charge in [0.05, 0.1) is 24.1 Å². The number of imidazole rings is 1. The molecule has 0 spiro atoms. The number of hydrogen-bond donors (Lipinski definition) is 3. The fourth-order valence-electron chi connectivity index (χ4n) is 5.16. The van der Waals surface area contributed by atoms with E-state index in [-0.39, 0.29) is 30.2 Å². The van der Waals surface area contributed by atoms with Crippen LogP contribution >= 0.6 is 0 Å². The van der Waals surface area contributed by atoms with Crippen LogP contribution in [0.1, 0.15) is 34.5 Å². The maximum atomic E-state index is 13.7. The number of aromatic nitrogens is 3. The van der Waals surface area contributed by atoms with Gasteiger partial charge in [0.2, 0.25) is 0 Å². The third-order valence-corrected chi connectivity index (χ3v) is 7.45. The van der Waals surface area contributed by atoms with Crippen molar-refractivity contribution >= 4 is 22.4 Å². The number of hydrogen-bond acceptors (Lipinski definition) is 7. The predicted octanol–water partition coefficient (Wildman–Crippen LogP) is 6.66. The highest BCUT2D eigenvalue weighted by Crippen LogP contribution is 2.35. The molecule has 5 aromatic rings. The zero-order chi connectivity index (χ0) is 31.4. The molecular formula is C33H30F3N5O4. The Morgan fingerprint density at radius 3 is 2.51 bits per heavy atom. The van der Waals surface area contributed by atoms with Gasteiger partial charge in [0.1, 0.15) is 29.5 Å². The molecule has 3 aromatic carbocycles. The molecule has 12 heteroatoms. The zero-order valence-electron chi connectivity index (χ0n) is 24.1. The Balaban J connectivity index is 1.18. The molecule has 6 rings (SSSR count). The number of carbonyl (C=O) groups is 1. The van der Waals surface area contributed by atoms with Gasteiger partial charge in [-0.15, -0.1) is 0 Å². The van der Waals surface area contributed by atoms with E-state index in [1.54, 1.807) is 48.7 Å². The van der Waals surface area contributed by atoms with Gasteiger partial charge in [0.15, 0.2) is 5.82 Å². The van der Waals surface area contributed by atoms with E-state index >= 15 is 0 Å². The average molecular weight is 618 g/mol. The number of aliphatic hydroxyl groups excluding tert-OH is 1. The van der Waals surface area contributed by atoms with E-state index in [0.29, 0.717) is 40.6 Å². The van der Waals surface area contributed by atoms with Crippen LogP contribution in [-0.4, -0.2) is 57.1 Å². The van der Waals surface area contributed by atoms with Crippen molar-refractivity contribution in [3.8, 4) is 28.8 Å². The lowest BCUT2D eigenvalue weighted by Crippen LogP contribution is -2.25. The molecule has 3 heterocycles. The highest BCUT2D eigenvalue weighted by atomic mass is 19.4. The molecule has 1 saturated heterocycles.